The third-order valence-electron chi connectivity index (χ3n) is 1.34. The fourth-order valence-corrected chi connectivity index (χ4v) is 2.49. The minimum atomic E-state index is -4.00. The Balaban J connectivity index is 2.75. The average Bonchev–Trinajstić information content (AvgIpc) is 2.31. The van der Waals surface area contributed by atoms with Gasteiger partial charge in [0.05, 0.1) is 0 Å². The van der Waals surface area contributed by atoms with Crippen molar-refractivity contribution in [1.29, 1.82) is 0 Å². The van der Waals surface area contributed by atoms with Crippen molar-refractivity contribution in [2.45, 2.75) is 25.9 Å². The second-order valence-corrected chi connectivity index (χ2v) is 5.51. The van der Waals surface area contributed by atoms with Crippen LogP contribution in [0.2, 0.25) is 0 Å². The van der Waals surface area contributed by atoms with Gasteiger partial charge in [0, 0.05) is 5.92 Å². The van der Waals surface area contributed by atoms with E-state index in [1.165, 1.54) is 0 Å². The van der Waals surface area contributed by atoms with Crippen LogP contribution >= 0.6 is 19.1 Å². The molecule has 0 aliphatic heterocycles. The molecule has 74 valence electrons. The van der Waals surface area contributed by atoms with E-state index in [4.69, 9.17) is 9.79 Å². The second-order valence-electron chi connectivity index (χ2n) is 3.02. The summed E-state index contributed by atoms with van der Waals surface area (Å²) in [6, 6.07) is 0. The molecule has 0 fully saturated rings. The monoisotopic (exact) mass is 222 g/mol. The Labute approximate surface area is 80.2 Å². The van der Waals surface area contributed by atoms with Gasteiger partial charge in [0.25, 0.3) is 0 Å². The number of rotatable bonds is 3. The molecule has 7 heteroatoms. The maximum Gasteiger partial charge on any atom is 0.332 e. The molecule has 0 radical (unpaired) electrons. The predicted octanol–water partition coefficient (Wildman–Crippen LogP) is 1.34. The molecule has 0 aliphatic rings. The van der Waals surface area contributed by atoms with Crippen molar-refractivity contribution in [1.82, 2.24) is 9.36 Å². The fourth-order valence-electron chi connectivity index (χ4n) is 0.743. The van der Waals surface area contributed by atoms with E-state index in [2.05, 4.69) is 9.36 Å². The third kappa shape index (κ3) is 3.52. The first-order chi connectivity index (χ1) is 5.88. The first-order valence-electron chi connectivity index (χ1n) is 3.75. The molecule has 0 aromatic carbocycles. The van der Waals surface area contributed by atoms with Crippen LogP contribution in [0.4, 0.5) is 0 Å². The van der Waals surface area contributed by atoms with Crippen LogP contribution < -0.4 is 0 Å². The standard InChI is InChI=1S/C6H11N2O3PS/c1-4(2)6-7-5(13-8-6)3-12(9,10)11/h4H,3H2,1-2H3,(H2,9,10,11). The quantitative estimate of drug-likeness (QED) is 0.754. The third-order valence-corrected chi connectivity index (χ3v) is 2.99. The van der Waals surface area contributed by atoms with Crippen LogP contribution in [0.5, 0.6) is 0 Å². The Morgan fingerprint density at radius 3 is 2.54 bits per heavy atom. The normalized spacial score (nSPS) is 12.4. The molecule has 0 atom stereocenters. The molecule has 0 unspecified atom stereocenters. The van der Waals surface area contributed by atoms with Crippen LogP contribution in [-0.4, -0.2) is 19.1 Å². The molecule has 0 saturated heterocycles. The van der Waals surface area contributed by atoms with E-state index < -0.39 is 7.60 Å². The van der Waals surface area contributed by atoms with E-state index in [0.29, 0.717) is 10.8 Å². The highest BCUT2D eigenvalue weighted by atomic mass is 32.1. The van der Waals surface area contributed by atoms with E-state index >= 15 is 0 Å². The zero-order valence-corrected chi connectivity index (χ0v) is 9.05. The molecular formula is C6H11N2O3PS. The number of aromatic nitrogens is 2. The van der Waals surface area contributed by atoms with Crippen molar-refractivity contribution in [2.75, 3.05) is 0 Å². The van der Waals surface area contributed by atoms with Gasteiger partial charge in [-0.1, -0.05) is 13.8 Å². The highest BCUT2D eigenvalue weighted by molar-refractivity contribution is 7.51. The molecule has 0 spiro atoms. The molecule has 5 nitrogen and oxygen atoms in total. The molecule has 1 heterocycles. The van der Waals surface area contributed by atoms with Crippen molar-refractivity contribution in [3.63, 3.8) is 0 Å². The molecule has 0 saturated carbocycles. The molecule has 1 rings (SSSR count). The van der Waals surface area contributed by atoms with Gasteiger partial charge >= 0.3 is 7.60 Å². The van der Waals surface area contributed by atoms with Gasteiger partial charge in [0.1, 0.15) is 17.0 Å². The van der Waals surface area contributed by atoms with Gasteiger partial charge in [-0.25, -0.2) is 4.98 Å². The molecule has 0 bridgehead atoms. The molecule has 13 heavy (non-hydrogen) atoms. The predicted molar refractivity (Wildman–Crippen MR) is 49.7 cm³/mol. The van der Waals surface area contributed by atoms with Gasteiger partial charge in [-0.3, -0.25) is 4.57 Å². The first-order valence-corrected chi connectivity index (χ1v) is 6.32. The molecule has 0 amide bonds. The lowest BCUT2D eigenvalue weighted by Gasteiger charge is -1.98. The van der Waals surface area contributed by atoms with Crippen molar-refractivity contribution in [2.24, 2.45) is 0 Å². The summed E-state index contributed by atoms with van der Waals surface area (Å²) >= 11 is 1.05. The highest BCUT2D eigenvalue weighted by Gasteiger charge is 2.18. The smallest absolute Gasteiger partial charge is 0.324 e. The summed E-state index contributed by atoms with van der Waals surface area (Å²) in [7, 11) is -4.00. The molecular weight excluding hydrogens is 211 g/mol. The summed E-state index contributed by atoms with van der Waals surface area (Å²) in [4.78, 5) is 21.3. The zero-order valence-electron chi connectivity index (χ0n) is 7.34. The summed E-state index contributed by atoms with van der Waals surface area (Å²) in [6.07, 6.45) is -0.308. The van der Waals surface area contributed by atoms with E-state index in [9.17, 15) is 4.57 Å². The Kier molecular flexibility index (Phi) is 3.18. The van der Waals surface area contributed by atoms with E-state index in [-0.39, 0.29) is 12.1 Å². The van der Waals surface area contributed by atoms with E-state index in [0.717, 1.165) is 11.5 Å². The van der Waals surface area contributed by atoms with Crippen LogP contribution in [0.1, 0.15) is 30.6 Å². The molecule has 1 aromatic rings. The van der Waals surface area contributed by atoms with E-state index in [1.807, 2.05) is 13.8 Å². The SMILES string of the molecule is CC(C)c1nsc(CP(=O)(O)O)n1. The molecule has 2 N–H and O–H groups in total. The van der Waals surface area contributed by atoms with Crippen molar-refractivity contribution < 1.29 is 14.4 Å². The minimum Gasteiger partial charge on any atom is -0.324 e. The van der Waals surface area contributed by atoms with Gasteiger partial charge in [-0.15, -0.1) is 0 Å². The van der Waals surface area contributed by atoms with Crippen LogP contribution in [0.3, 0.4) is 0 Å². The van der Waals surface area contributed by atoms with Gasteiger partial charge in [-0.05, 0) is 11.5 Å². The van der Waals surface area contributed by atoms with Crippen LogP contribution in [-0.2, 0) is 10.7 Å². The summed E-state index contributed by atoms with van der Waals surface area (Å²) in [6.45, 7) is 3.87. The minimum absolute atomic E-state index is 0.196. The highest BCUT2D eigenvalue weighted by Crippen LogP contribution is 2.39. The van der Waals surface area contributed by atoms with Crippen LogP contribution in [0.15, 0.2) is 0 Å². The maximum atomic E-state index is 10.6. The Morgan fingerprint density at radius 1 is 1.54 bits per heavy atom. The Morgan fingerprint density at radius 2 is 2.15 bits per heavy atom. The first kappa shape index (κ1) is 10.8. The fraction of sp³-hybridized carbons (Fsp3) is 0.667. The van der Waals surface area contributed by atoms with Crippen LogP contribution in [0, 0.1) is 0 Å². The lowest BCUT2D eigenvalue weighted by molar-refractivity contribution is 0.371. The lowest BCUT2D eigenvalue weighted by Crippen LogP contribution is -1.91. The summed E-state index contributed by atoms with van der Waals surface area (Å²) in [5.74, 6) is 0.843. The van der Waals surface area contributed by atoms with Gasteiger partial charge < -0.3 is 9.79 Å². The van der Waals surface area contributed by atoms with Gasteiger partial charge in [-0.2, -0.15) is 4.37 Å². The lowest BCUT2D eigenvalue weighted by atomic mass is 10.2. The number of nitrogens with zero attached hydrogens (tertiary/aromatic N) is 2. The van der Waals surface area contributed by atoms with E-state index in [1.54, 1.807) is 0 Å². The second kappa shape index (κ2) is 3.84. The van der Waals surface area contributed by atoms with Gasteiger partial charge in [0.15, 0.2) is 0 Å². The zero-order chi connectivity index (χ0) is 10.1. The summed E-state index contributed by atoms with van der Waals surface area (Å²) < 4.78 is 14.6. The maximum absolute atomic E-state index is 10.6. The molecule has 1 aromatic heterocycles. The largest absolute Gasteiger partial charge is 0.332 e. The molecule has 0 aliphatic carbocycles. The van der Waals surface area contributed by atoms with Crippen LogP contribution in [0.25, 0.3) is 0 Å². The van der Waals surface area contributed by atoms with Crippen molar-refractivity contribution in [3.05, 3.63) is 10.8 Å². The Hall–Kier alpha value is -0.290. The summed E-state index contributed by atoms with van der Waals surface area (Å²) in [5, 5.41) is 0.400. The topological polar surface area (TPSA) is 83.3 Å². The summed E-state index contributed by atoms with van der Waals surface area (Å²) in [5.41, 5.74) is 0. The van der Waals surface area contributed by atoms with Crippen molar-refractivity contribution in [3.8, 4) is 0 Å². The Bertz CT molecular complexity index is 332. The van der Waals surface area contributed by atoms with Gasteiger partial charge in [0.2, 0.25) is 0 Å². The average molecular weight is 222 g/mol. The number of hydrogen-bond donors (Lipinski definition) is 2. The van der Waals surface area contributed by atoms with Crippen molar-refractivity contribution >= 4 is 19.1 Å². The number of hydrogen-bond acceptors (Lipinski definition) is 4.